The summed E-state index contributed by atoms with van der Waals surface area (Å²) in [6.07, 6.45) is -4.33. The highest BCUT2D eigenvalue weighted by molar-refractivity contribution is 6.00. The number of hydrogen-bond acceptors (Lipinski definition) is 4. The molecule has 0 radical (unpaired) electrons. The maximum atomic E-state index is 13.2. The van der Waals surface area contributed by atoms with Gasteiger partial charge in [0.15, 0.2) is 0 Å². The fourth-order valence-corrected chi connectivity index (χ4v) is 3.74. The highest BCUT2D eigenvalue weighted by Crippen LogP contribution is 2.29. The molecule has 4 rings (SSSR count). The van der Waals surface area contributed by atoms with Gasteiger partial charge in [0.05, 0.1) is 5.56 Å². The van der Waals surface area contributed by atoms with E-state index < -0.39 is 11.7 Å². The number of carbonyl (C=O) groups excluding carboxylic acids is 1. The minimum atomic E-state index is -4.33. The van der Waals surface area contributed by atoms with Crippen LogP contribution in [0.2, 0.25) is 0 Å². The van der Waals surface area contributed by atoms with E-state index in [4.69, 9.17) is 4.52 Å². The molecule has 31 heavy (non-hydrogen) atoms. The number of alkyl halides is 3. The fourth-order valence-electron chi connectivity index (χ4n) is 3.74. The lowest BCUT2D eigenvalue weighted by molar-refractivity contribution is -0.137. The van der Waals surface area contributed by atoms with Gasteiger partial charge in [0.1, 0.15) is 17.0 Å². The molecule has 3 aromatic rings. The van der Waals surface area contributed by atoms with Crippen molar-refractivity contribution in [2.45, 2.75) is 19.6 Å². The lowest BCUT2D eigenvalue weighted by Crippen LogP contribution is -2.48. The average Bonchev–Trinajstić information content (AvgIpc) is 3.15. The average molecular weight is 429 g/mol. The highest BCUT2D eigenvalue weighted by Gasteiger charge is 2.31. The number of carbonyl (C=O) groups is 1. The molecule has 0 unspecified atom stereocenters. The first-order valence-electron chi connectivity index (χ1n) is 10.0. The maximum absolute atomic E-state index is 13.2. The van der Waals surface area contributed by atoms with Crippen LogP contribution < -0.4 is 0 Å². The lowest BCUT2D eigenvalue weighted by Gasteiger charge is -2.34. The summed E-state index contributed by atoms with van der Waals surface area (Å²) in [5, 5.41) is 4.08. The first-order chi connectivity index (χ1) is 14.8. The van der Waals surface area contributed by atoms with Crippen LogP contribution in [0.3, 0.4) is 0 Å². The van der Waals surface area contributed by atoms with Crippen LogP contribution in [0.25, 0.3) is 11.3 Å². The Kier molecular flexibility index (Phi) is 5.82. The van der Waals surface area contributed by atoms with Crippen LogP contribution in [-0.4, -0.2) is 47.0 Å². The molecule has 1 aromatic heterocycles. The lowest BCUT2D eigenvalue weighted by atomic mass is 10.0. The molecule has 1 aliphatic heterocycles. The Morgan fingerprint density at radius 2 is 1.65 bits per heavy atom. The van der Waals surface area contributed by atoms with Gasteiger partial charge < -0.3 is 9.42 Å². The smallest absolute Gasteiger partial charge is 0.360 e. The van der Waals surface area contributed by atoms with Crippen molar-refractivity contribution in [2.24, 2.45) is 0 Å². The number of halogens is 3. The number of rotatable bonds is 4. The predicted octanol–water partition coefficient (Wildman–Crippen LogP) is 4.63. The SMILES string of the molecule is Cc1onc(-c2ccccc2)c1C(=O)N1CCN(Cc2ccc(C(F)(F)F)cc2)CC1. The first-order valence-corrected chi connectivity index (χ1v) is 10.0. The standard InChI is InChI=1S/C23H22F3N3O2/c1-16-20(21(27-31-16)18-5-3-2-4-6-18)22(30)29-13-11-28(12-14-29)15-17-7-9-19(10-8-17)23(24,25)26/h2-10H,11-15H2,1H3. The number of aromatic nitrogens is 1. The predicted molar refractivity (Wildman–Crippen MR) is 109 cm³/mol. The third-order valence-corrected chi connectivity index (χ3v) is 5.47. The van der Waals surface area contributed by atoms with E-state index in [1.807, 2.05) is 30.3 Å². The summed E-state index contributed by atoms with van der Waals surface area (Å²) in [5.41, 5.74) is 2.00. The van der Waals surface area contributed by atoms with Gasteiger partial charge in [0.25, 0.3) is 5.91 Å². The van der Waals surface area contributed by atoms with Crippen LogP contribution in [-0.2, 0) is 12.7 Å². The van der Waals surface area contributed by atoms with Crippen molar-refractivity contribution < 1.29 is 22.5 Å². The third-order valence-electron chi connectivity index (χ3n) is 5.47. The molecule has 0 bridgehead atoms. The van der Waals surface area contributed by atoms with E-state index in [0.29, 0.717) is 49.7 Å². The number of amides is 1. The van der Waals surface area contributed by atoms with Gasteiger partial charge in [-0.15, -0.1) is 0 Å². The zero-order chi connectivity index (χ0) is 22.0. The molecule has 1 aliphatic rings. The molecular weight excluding hydrogens is 407 g/mol. The minimum Gasteiger partial charge on any atom is -0.360 e. The first kappa shape index (κ1) is 21.1. The summed E-state index contributed by atoms with van der Waals surface area (Å²) >= 11 is 0. The van der Waals surface area contributed by atoms with Gasteiger partial charge in [-0.3, -0.25) is 9.69 Å². The van der Waals surface area contributed by atoms with Gasteiger partial charge in [-0.05, 0) is 24.6 Å². The van der Waals surface area contributed by atoms with Gasteiger partial charge >= 0.3 is 6.18 Å². The fraction of sp³-hybridized carbons (Fsp3) is 0.304. The molecule has 1 saturated heterocycles. The number of hydrogen-bond donors (Lipinski definition) is 0. The summed E-state index contributed by atoms with van der Waals surface area (Å²) in [4.78, 5) is 17.1. The van der Waals surface area contributed by atoms with Crippen LogP contribution in [0.15, 0.2) is 59.1 Å². The Morgan fingerprint density at radius 1 is 1.00 bits per heavy atom. The van der Waals surface area contributed by atoms with Gasteiger partial charge in [0, 0.05) is 38.3 Å². The van der Waals surface area contributed by atoms with E-state index in [0.717, 1.165) is 23.3 Å². The Hall–Kier alpha value is -3.13. The van der Waals surface area contributed by atoms with Gasteiger partial charge in [-0.2, -0.15) is 13.2 Å². The summed E-state index contributed by atoms with van der Waals surface area (Å²) in [6.45, 7) is 4.60. The van der Waals surface area contributed by atoms with Gasteiger partial charge in [0.2, 0.25) is 0 Å². The second-order valence-electron chi connectivity index (χ2n) is 7.59. The second kappa shape index (κ2) is 8.55. The Balaban J connectivity index is 1.39. The number of benzene rings is 2. The van der Waals surface area contributed by atoms with E-state index in [1.165, 1.54) is 12.1 Å². The molecule has 1 amide bonds. The molecular formula is C23H22F3N3O2. The highest BCUT2D eigenvalue weighted by atomic mass is 19.4. The molecule has 1 fully saturated rings. The number of aryl methyl sites for hydroxylation is 1. The summed E-state index contributed by atoms with van der Waals surface area (Å²) in [7, 11) is 0. The van der Waals surface area contributed by atoms with Crippen molar-refractivity contribution in [1.29, 1.82) is 0 Å². The van der Waals surface area contributed by atoms with Crippen molar-refractivity contribution in [3.8, 4) is 11.3 Å². The molecule has 0 saturated carbocycles. The van der Waals surface area contributed by atoms with Crippen LogP contribution in [0.1, 0.15) is 27.2 Å². The molecule has 0 spiro atoms. The van der Waals surface area contributed by atoms with E-state index in [1.54, 1.807) is 11.8 Å². The quantitative estimate of drug-likeness (QED) is 0.607. The molecule has 0 aliphatic carbocycles. The Morgan fingerprint density at radius 3 is 2.26 bits per heavy atom. The van der Waals surface area contributed by atoms with Gasteiger partial charge in [-0.25, -0.2) is 0 Å². The molecule has 162 valence electrons. The third kappa shape index (κ3) is 4.64. The van der Waals surface area contributed by atoms with E-state index >= 15 is 0 Å². The van der Waals surface area contributed by atoms with Gasteiger partial charge in [-0.1, -0.05) is 47.6 Å². The Labute approximate surface area is 178 Å². The summed E-state index contributed by atoms with van der Waals surface area (Å²) in [5.74, 6) is 0.364. The zero-order valence-electron chi connectivity index (χ0n) is 17.0. The minimum absolute atomic E-state index is 0.119. The second-order valence-corrected chi connectivity index (χ2v) is 7.59. The van der Waals surface area contributed by atoms with Crippen molar-refractivity contribution in [3.63, 3.8) is 0 Å². The maximum Gasteiger partial charge on any atom is 0.416 e. The number of piperazine rings is 1. The molecule has 5 nitrogen and oxygen atoms in total. The van der Waals surface area contributed by atoms with Crippen LogP contribution >= 0.6 is 0 Å². The largest absolute Gasteiger partial charge is 0.416 e. The number of nitrogens with zero attached hydrogens (tertiary/aromatic N) is 3. The zero-order valence-corrected chi connectivity index (χ0v) is 17.0. The van der Waals surface area contributed by atoms with Crippen molar-refractivity contribution in [1.82, 2.24) is 15.0 Å². The van der Waals surface area contributed by atoms with Crippen molar-refractivity contribution in [2.75, 3.05) is 26.2 Å². The van der Waals surface area contributed by atoms with E-state index in [-0.39, 0.29) is 5.91 Å². The van der Waals surface area contributed by atoms with Crippen LogP contribution in [0, 0.1) is 6.92 Å². The molecule has 0 atom stereocenters. The monoisotopic (exact) mass is 429 g/mol. The summed E-state index contributed by atoms with van der Waals surface area (Å²) < 4.78 is 43.5. The Bertz CT molecular complexity index is 1040. The topological polar surface area (TPSA) is 49.6 Å². The molecule has 0 N–H and O–H groups in total. The normalized spacial score (nSPS) is 15.3. The van der Waals surface area contributed by atoms with Crippen LogP contribution in [0.5, 0.6) is 0 Å². The van der Waals surface area contributed by atoms with Crippen LogP contribution in [0.4, 0.5) is 13.2 Å². The van der Waals surface area contributed by atoms with E-state index in [9.17, 15) is 18.0 Å². The van der Waals surface area contributed by atoms with Crippen molar-refractivity contribution in [3.05, 3.63) is 77.0 Å². The van der Waals surface area contributed by atoms with E-state index in [2.05, 4.69) is 10.1 Å². The molecule has 2 aromatic carbocycles. The van der Waals surface area contributed by atoms with Crippen molar-refractivity contribution >= 4 is 5.91 Å². The molecule has 8 heteroatoms. The summed E-state index contributed by atoms with van der Waals surface area (Å²) in [6, 6.07) is 14.7. The molecule has 2 heterocycles.